The third-order valence-electron chi connectivity index (χ3n) is 23.1. The van der Waals surface area contributed by atoms with Crippen molar-refractivity contribution in [3.8, 4) is 0 Å². The number of hydrogen-bond donors (Lipinski definition) is 0. The fourth-order valence-electron chi connectivity index (χ4n) is 15.7. The summed E-state index contributed by atoms with van der Waals surface area (Å²) in [6, 6.07) is 22.4. The Morgan fingerprint density at radius 1 is 0.500 bits per heavy atom. The van der Waals surface area contributed by atoms with Crippen LogP contribution in [0.4, 0.5) is 0 Å². The summed E-state index contributed by atoms with van der Waals surface area (Å²) in [5, 5.41) is 2.58. The van der Waals surface area contributed by atoms with Crippen LogP contribution >= 0.6 is 0 Å². The summed E-state index contributed by atoms with van der Waals surface area (Å²) >= 11 is 0. The van der Waals surface area contributed by atoms with E-state index in [0.29, 0.717) is 0 Å². The van der Waals surface area contributed by atoms with Crippen molar-refractivity contribution in [1.29, 1.82) is 0 Å². The molecule has 8 aromatic rings. The van der Waals surface area contributed by atoms with Gasteiger partial charge in [-0.3, -0.25) is 0 Å². The van der Waals surface area contributed by atoms with E-state index in [-0.39, 0.29) is 59.7 Å². The van der Waals surface area contributed by atoms with Crippen LogP contribution in [0.1, 0.15) is 236 Å². The first-order valence-electron chi connectivity index (χ1n) is 28.6. The monoisotopic (exact) mass is 993 g/mol. The summed E-state index contributed by atoms with van der Waals surface area (Å²) in [4.78, 5) is 11.5. The Labute approximate surface area is 444 Å². The highest BCUT2D eigenvalue weighted by Crippen LogP contribution is 2.64. The first-order valence-corrected chi connectivity index (χ1v) is 28.6. The molecule has 0 radical (unpaired) electrons. The van der Waals surface area contributed by atoms with Gasteiger partial charge in [-0.1, -0.05) is 184 Å². The summed E-state index contributed by atoms with van der Waals surface area (Å²) in [5.41, 5.74) is 18.7. The van der Waals surface area contributed by atoms with Crippen LogP contribution in [0.15, 0.2) is 54.6 Å². The molecule has 11 rings (SSSR count). The van der Waals surface area contributed by atoms with Crippen molar-refractivity contribution >= 4 is 55.2 Å². The van der Waals surface area contributed by atoms with E-state index in [1.54, 1.807) is 0 Å². The number of aryl methyl sites for hydroxylation is 2. The molecule has 0 bridgehead atoms. The van der Waals surface area contributed by atoms with Crippen LogP contribution in [-0.2, 0) is 55.4 Å². The Hall–Kier alpha value is -4.84. The fourth-order valence-corrected chi connectivity index (χ4v) is 15.7. The van der Waals surface area contributed by atoms with Gasteiger partial charge in [0.15, 0.2) is 22.1 Å². The number of nitrogens with zero attached hydrogens (tertiary/aromatic N) is 6. The Kier molecular flexibility index (Phi) is 10.1. The first-order chi connectivity index (χ1) is 33.8. The van der Waals surface area contributed by atoms with E-state index in [4.69, 9.17) is 9.97 Å². The summed E-state index contributed by atoms with van der Waals surface area (Å²) in [5.74, 6) is 2.24. The zero-order chi connectivity index (χ0) is 54.4. The van der Waals surface area contributed by atoms with Gasteiger partial charge in [-0.15, -0.1) is 0 Å². The normalized spacial score (nSPS) is 23.4. The van der Waals surface area contributed by atoms with Crippen molar-refractivity contribution in [1.82, 2.24) is 18.8 Å². The molecule has 0 N–H and O–H groups in total. The molecule has 4 aromatic heterocycles. The molecule has 2 atom stereocenters. The SMILES string of the molecule is CCC1(C)c2cc(C(C)(C)C)cc3nc(C(C)(C)C)n4c5cc6c(cc5[n+](c4c23)C1(CC)CC[n+]1c2cc3c(cc2n2c(C(C)(C)C)nc4cccc(C)c4c21)C(C)(C)C(C)(C)C3(C)C)C(C)(C)C(C)(C)C6(C)C. The Bertz CT molecular complexity index is 3780. The largest absolute Gasteiger partial charge is 0.299 e. The smallest absolute Gasteiger partial charge is 0.222 e. The molecule has 74 heavy (non-hydrogen) atoms. The molecule has 2 unspecified atom stereocenters. The molecule has 6 nitrogen and oxygen atoms in total. The number of imidazole rings is 2. The van der Waals surface area contributed by atoms with Gasteiger partial charge < -0.3 is 0 Å². The minimum Gasteiger partial charge on any atom is -0.222 e. The second-order valence-corrected chi connectivity index (χ2v) is 30.7. The predicted molar refractivity (Wildman–Crippen MR) is 312 cm³/mol. The molecule has 0 fully saturated rings. The van der Waals surface area contributed by atoms with Gasteiger partial charge in [-0.2, -0.15) is 8.80 Å². The fraction of sp³-hybridized carbons (Fsp3) is 0.588. The van der Waals surface area contributed by atoms with E-state index in [0.717, 1.165) is 48.5 Å². The highest BCUT2D eigenvalue weighted by molar-refractivity contribution is 5.99. The maximum absolute atomic E-state index is 5.88. The van der Waals surface area contributed by atoms with E-state index in [1.165, 1.54) is 83.1 Å². The van der Waals surface area contributed by atoms with Crippen molar-refractivity contribution < 1.29 is 9.13 Å². The third-order valence-corrected chi connectivity index (χ3v) is 23.1. The molecule has 0 spiro atoms. The van der Waals surface area contributed by atoms with Gasteiger partial charge >= 0.3 is 0 Å². The van der Waals surface area contributed by atoms with E-state index in [2.05, 4.69) is 246 Å². The van der Waals surface area contributed by atoms with Crippen LogP contribution in [0.5, 0.6) is 0 Å². The molecule has 4 aromatic carbocycles. The van der Waals surface area contributed by atoms with Crippen LogP contribution < -0.4 is 9.13 Å². The average molecular weight is 994 g/mol. The van der Waals surface area contributed by atoms with Gasteiger partial charge in [0.25, 0.3) is 11.3 Å². The second kappa shape index (κ2) is 14.6. The molecule has 392 valence electrons. The Morgan fingerprint density at radius 3 is 1.46 bits per heavy atom. The molecular weight excluding hydrogens is 901 g/mol. The first kappa shape index (κ1) is 51.3. The lowest BCUT2D eigenvalue weighted by atomic mass is 9.59. The number of fused-ring (bicyclic) bond motifs is 10. The number of aromatic nitrogens is 6. The van der Waals surface area contributed by atoms with Gasteiger partial charge in [0.05, 0.1) is 28.4 Å². The van der Waals surface area contributed by atoms with Gasteiger partial charge in [0.2, 0.25) is 11.6 Å². The average Bonchev–Trinajstić information content (AvgIpc) is 3.86. The molecule has 0 amide bonds. The van der Waals surface area contributed by atoms with E-state index < -0.39 is 0 Å². The van der Waals surface area contributed by atoms with Gasteiger partial charge in [0.1, 0.15) is 5.54 Å². The molecule has 1 aliphatic heterocycles. The lowest BCUT2D eigenvalue weighted by Crippen LogP contribution is -2.69. The van der Waals surface area contributed by atoms with Crippen molar-refractivity contribution in [3.63, 3.8) is 0 Å². The number of benzene rings is 4. The molecule has 3 aliphatic rings. The van der Waals surface area contributed by atoms with Crippen molar-refractivity contribution in [2.75, 3.05) is 0 Å². The highest BCUT2D eigenvalue weighted by Gasteiger charge is 2.62. The van der Waals surface area contributed by atoms with Crippen LogP contribution in [-0.4, -0.2) is 18.8 Å². The zero-order valence-electron chi connectivity index (χ0n) is 50.7. The Morgan fingerprint density at radius 2 is 0.973 bits per heavy atom. The number of hydrogen-bond acceptors (Lipinski definition) is 2. The van der Waals surface area contributed by atoms with Crippen LogP contribution in [0, 0.1) is 17.8 Å². The topological polar surface area (TPSA) is 42.4 Å². The summed E-state index contributed by atoms with van der Waals surface area (Å²) in [6.07, 6.45) is 2.88. The van der Waals surface area contributed by atoms with E-state index >= 15 is 0 Å². The second-order valence-electron chi connectivity index (χ2n) is 30.7. The predicted octanol–water partition coefficient (Wildman–Crippen LogP) is 16.4. The molecule has 0 saturated carbocycles. The lowest BCUT2D eigenvalue weighted by molar-refractivity contribution is -0.746. The quantitative estimate of drug-likeness (QED) is 0.161. The standard InChI is InChI=1S/C68H92N6/c1-26-67(25)45-33-40(58(4,5)6)34-47-53(45)55-73(57(70-47)60(10,11)12)50-37-43-44(64(19,20)66(23,24)63(43,17)18)38-51(50)74(55)68(67,27-2)31-32-71-48-35-41-42(62(15,16)65(21,22)61(41,13)14)36-49(48)72-54(71)52-39(3)29-28-30-46(52)69-56(72)59(7,8)9/h28-30,33-38H,26-27,31-32H2,1-25H3/q+2. The van der Waals surface area contributed by atoms with Crippen molar-refractivity contribution in [2.24, 2.45) is 10.8 Å². The molecule has 6 heteroatoms. The van der Waals surface area contributed by atoms with E-state index in [9.17, 15) is 0 Å². The number of rotatable bonds is 5. The van der Waals surface area contributed by atoms with Gasteiger partial charge in [-0.25, -0.2) is 19.1 Å². The van der Waals surface area contributed by atoms with Crippen LogP contribution in [0.3, 0.4) is 0 Å². The van der Waals surface area contributed by atoms with Gasteiger partial charge in [-0.05, 0) is 133 Å². The molecule has 5 heterocycles. The van der Waals surface area contributed by atoms with Crippen LogP contribution in [0.25, 0.3) is 55.2 Å². The summed E-state index contributed by atoms with van der Waals surface area (Å²) in [7, 11) is 0. The highest BCUT2D eigenvalue weighted by atomic mass is 15.2. The molecule has 2 aliphatic carbocycles. The molecule has 0 saturated heterocycles. The van der Waals surface area contributed by atoms with Crippen LogP contribution in [0.2, 0.25) is 0 Å². The lowest BCUT2D eigenvalue weighted by Gasteiger charge is -2.49. The Balaban J connectivity index is 1.32. The van der Waals surface area contributed by atoms with E-state index in [1.807, 2.05) is 0 Å². The van der Waals surface area contributed by atoms with Gasteiger partial charge in [0, 0.05) is 22.7 Å². The minimum atomic E-state index is -0.359. The summed E-state index contributed by atoms with van der Waals surface area (Å²) in [6.45, 7) is 62.1. The van der Waals surface area contributed by atoms with Crippen molar-refractivity contribution in [2.45, 2.75) is 248 Å². The summed E-state index contributed by atoms with van der Waals surface area (Å²) < 4.78 is 11.0. The maximum atomic E-state index is 5.88. The maximum Gasteiger partial charge on any atom is 0.299 e. The zero-order valence-corrected chi connectivity index (χ0v) is 50.7. The minimum absolute atomic E-state index is 0.0205. The third kappa shape index (κ3) is 5.85. The van der Waals surface area contributed by atoms with Crippen molar-refractivity contribution in [3.05, 3.63) is 105 Å². The molecular formula is C68H92N6+2.